The van der Waals surface area contributed by atoms with Crippen molar-refractivity contribution in [3.05, 3.63) is 22.2 Å². The fourth-order valence-corrected chi connectivity index (χ4v) is 2.17. The molecule has 1 aromatic carbocycles. The number of benzene rings is 1. The van der Waals surface area contributed by atoms with Crippen LogP contribution >= 0.6 is 11.6 Å². The normalized spacial score (nSPS) is 10.8. The number of ether oxygens (including phenoxy) is 2. The third-order valence-corrected chi connectivity index (χ3v) is 2.93. The molecule has 0 saturated carbocycles. The third kappa shape index (κ3) is 2.83. The Bertz CT molecular complexity index is 394. The van der Waals surface area contributed by atoms with Crippen molar-refractivity contribution < 1.29 is 14.7 Å². The molecule has 4 nitrogen and oxygen atoms in total. The third-order valence-electron chi connectivity index (χ3n) is 2.60. The molecule has 0 atom stereocenters. The quantitative estimate of drug-likeness (QED) is 0.799. The minimum absolute atomic E-state index is 0.209. The lowest BCUT2D eigenvalue weighted by molar-refractivity contribution is 0.160. The summed E-state index contributed by atoms with van der Waals surface area (Å²) >= 11 is 6.18. The molecule has 0 aliphatic heterocycles. The number of methoxy groups -OCH3 is 2. The Morgan fingerprint density at radius 2 is 2.00 bits per heavy atom. The van der Waals surface area contributed by atoms with E-state index < -0.39 is 0 Å². The first kappa shape index (κ1) is 14.1. The van der Waals surface area contributed by atoms with Gasteiger partial charge in [0.05, 0.1) is 14.2 Å². The number of hydrogen-bond acceptors (Lipinski definition) is 4. The molecule has 96 valence electrons. The molecular weight excluding hydrogens is 242 g/mol. The zero-order chi connectivity index (χ0) is 13.0. The van der Waals surface area contributed by atoms with Crippen molar-refractivity contribution in [2.75, 3.05) is 14.2 Å². The topological polar surface area (TPSA) is 50.7 Å². The summed E-state index contributed by atoms with van der Waals surface area (Å²) in [5.41, 5.74) is 3.89. The van der Waals surface area contributed by atoms with E-state index in [1.54, 1.807) is 20.3 Å². The Hall–Kier alpha value is -0.970. The van der Waals surface area contributed by atoms with E-state index in [9.17, 15) is 0 Å². The second-order valence-corrected chi connectivity index (χ2v) is 4.38. The van der Waals surface area contributed by atoms with Gasteiger partial charge in [0.1, 0.15) is 0 Å². The Kier molecular flexibility index (Phi) is 5.05. The molecule has 0 bridgehead atoms. The van der Waals surface area contributed by atoms with Crippen molar-refractivity contribution in [2.45, 2.75) is 26.3 Å². The SMILES string of the molecule is COc1cc(Cl)c(CNO)c(C(C)C)c1OC. The number of hydrogen-bond donors (Lipinski definition) is 2. The molecule has 1 aromatic rings. The van der Waals surface area contributed by atoms with Crippen LogP contribution in [-0.2, 0) is 6.54 Å². The molecule has 0 fully saturated rings. The van der Waals surface area contributed by atoms with Crippen LogP contribution in [0.5, 0.6) is 11.5 Å². The van der Waals surface area contributed by atoms with Gasteiger partial charge in [0, 0.05) is 23.2 Å². The molecule has 0 aliphatic rings. The van der Waals surface area contributed by atoms with Gasteiger partial charge in [-0.05, 0) is 11.5 Å². The van der Waals surface area contributed by atoms with Crippen molar-refractivity contribution in [3.63, 3.8) is 0 Å². The standard InChI is InChI=1S/C12H18ClNO3/c1-7(2)11-8(6-14-15)9(13)5-10(16-3)12(11)17-4/h5,7,14-15H,6H2,1-4H3. The van der Waals surface area contributed by atoms with E-state index in [0.29, 0.717) is 16.5 Å². The highest BCUT2D eigenvalue weighted by Crippen LogP contribution is 2.41. The molecular formula is C12H18ClNO3. The van der Waals surface area contributed by atoms with Gasteiger partial charge in [0.15, 0.2) is 11.5 Å². The molecule has 0 aliphatic carbocycles. The van der Waals surface area contributed by atoms with Crippen LogP contribution in [-0.4, -0.2) is 19.4 Å². The van der Waals surface area contributed by atoms with Crippen molar-refractivity contribution >= 4 is 11.6 Å². The maximum absolute atomic E-state index is 8.86. The van der Waals surface area contributed by atoms with E-state index in [1.807, 2.05) is 13.8 Å². The Labute approximate surface area is 106 Å². The highest BCUT2D eigenvalue weighted by molar-refractivity contribution is 6.31. The van der Waals surface area contributed by atoms with E-state index in [4.69, 9.17) is 26.3 Å². The lowest BCUT2D eigenvalue weighted by Gasteiger charge is -2.20. The molecule has 0 amide bonds. The van der Waals surface area contributed by atoms with E-state index in [1.165, 1.54) is 0 Å². The second kappa shape index (κ2) is 6.10. The highest BCUT2D eigenvalue weighted by Gasteiger charge is 2.20. The summed E-state index contributed by atoms with van der Waals surface area (Å²) in [5.74, 6) is 1.47. The van der Waals surface area contributed by atoms with Crippen LogP contribution in [0.2, 0.25) is 5.02 Å². The Morgan fingerprint density at radius 1 is 1.35 bits per heavy atom. The van der Waals surface area contributed by atoms with Crippen molar-refractivity contribution in [1.29, 1.82) is 0 Å². The lowest BCUT2D eigenvalue weighted by atomic mass is 9.95. The molecule has 17 heavy (non-hydrogen) atoms. The maximum Gasteiger partial charge on any atom is 0.164 e. The maximum atomic E-state index is 8.86. The number of nitrogens with one attached hydrogen (secondary N) is 1. The highest BCUT2D eigenvalue weighted by atomic mass is 35.5. The minimum Gasteiger partial charge on any atom is -0.493 e. The van der Waals surface area contributed by atoms with Gasteiger partial charge in [-0.25, -0.2) is 5.48 Å². The zero-order valence-corrected chi connectivity index (χ0v) is 11.3. The summed E-state index contributed by atoms with van der Waals surface area (Å²) in [6.45, 7) is 4.34. The molecule has 0 heterocycles. The number of hydroxylamine groups is 1. The Balaban J connectivity index is 3.48. The van der Waals surface area contributed by atoms with Crippen LogP contribution in [0.25, 0.3) is 0 Å². The van der Waals surface area contributed by atoms with Crippen LogP contribution in [0.3, 0.4) is 0 Å². The first-order chi connectivity index (χ1) is 8.06. The van der Waals surface area contributed by atoms with Crippen LogP contribution in [0.1, 0.15) is 30.9 Å². The van der Waals surface area contributed by atoms with Crippen LogP contribution < -0.4 is 15.0 Å². The fraction of sp³-hybridized carbons (Fsp3) is 0.500. The van der Waals surface area contributed by atoms with Gasteiger partial charge in [-0.2, -0.15) is 0 Å². The van der Waals surface area contributed by atoms with Crippen LogP contribution in [0.4, 0.5) is 0 Å². The smallest absolute Gasteiger partial charge is 0.164 e. The largest absolute Gasteiger partial charge is 0.493 e. The predicted molar refractivity (Wildman–Crippen MR) is 67.3 cm³/mol. The van der Waals surface area contributed by atoms with Gasteiger partial charge < -0.3 is 14.7 Å². The van der Waals surface area contributed by atoms with E-state index in [0.717, 1.165) is 11.1 Å². The number of rotatable bonds is 5. The summed E-state index contributed by atoms with van der Waals surface area (Å²) in [6.07, 6.45) is 0. The van der Waals surface area contributed by atoms with Crippen LogP contribution in [0, 0.1) is 0 Å². The van der Waals surface area contributed by atoms with E-state index in [2.05, 4.69) is 5.48 Å². The van der Waals surface area contributed by atoms with Gasteiger partial charge in [0.2, 0.25) is 0 Å². The molecule has 0 aromatic heterocycles. The van der Waals surface area contributed by atoms with Gasteiger partial charge in [-0.15, -0.1) is 0 Å². The summed E-state index contributed by atoms with van der Waals surface area (Å²) in [6, 6.07) is 1.69. The first-order valence-corrected chi connectivity index (χ1v) is 5.74. The van der Waals surface area contributed by atoms with Gasteiger partial charge >= 0.3 is 0 Å². The lowest BCUT2D eigenvalue weighted by Crippen LogP contribution is -2.11. The monoisotopic (exact) mass is 259 g/mol. The molecule has 5 heteroatoms. The van der Waals surface area contributed by atoms with Gasteiger partial charge in [-0.1, -0.05) is 25.4 Å². The average molecular weight is 260 g/mol. The first-order valence-electron chi connectivity index (χ1n) is 5.37. The van der Waals surface area contributed by atoms with Gasteiger partial charge in [0.25, 0.3) is 0 Å². The summed E-state index contributed by atoms with van der Waals surface area (Å²) in [7, 11) is 3.16. The molecule has 0 unspecified atom stereocenters. The molecule has 2 N–H and O–H groups in total. The molecule has 0 saturated heterocycles. The summed E-state index contributed by atoms with van der Waals surface area (Å²) in [4.78, 5) is 0. The van der Waals surface area contributed by atoms with E-state index >= 15 is 0 Å². The predicted octanol–water partition coefficient (Wildman–Crippen LogP) is 2.96. The minimum atomic E-state index is 0.209. The summed E-state index contributed by atoms with van der Waals surface area (Å²) in [5, 5.41) is 9.41. The van der Waals surface area contributed by atoms with Crippen molar-refractivity contribution in [1.82, 2.24) is 5.48 Å². The van der Waals surface area contributed by atoms with E-state index in [-0.39, 0.29) is 12.5 Å². The second-order valence-electron chi connectivity index (χ2n) is 3.98. The molecule has 0 spiro atoms. The van der Waals surface area contributed by atoms with Crippen molar-refractivity contribution in [3.8, 4) is 11.5 Å². The summed E-state index contributed by atoms with van der Waals surface area (Å²) < 4.78 is 10.6. The molecule has 0 radical (unpaired) electrons. The molecule has 1 rings (SSSR count). The Morgan fingerprint density at radius 3 is 2.41 bits per heavy atom. The van der Waals surface area contributed by atoms with Crippen LogP contribution in [0.15, 0.2) is 6.07 Å². The van der Waals surface area contributed by atoms with Gasteiger partial charge in [-0.3, -0.25) is 0 Å². The number of halogens is 1. The van der Waals surface area contributed by atoms with Crippen molar-refractivity contribution in [2.24, 2.45) is 0 Å². The average Bonchev–Trinajstić information content (AvgIpc) is 2.30. The zero-order valence-electron chi connectivity index (χ0n) is 10.5. The fourth-order valence-electron chi connectivity index (χ4n) is 1.90.